The number of carbonyl (C=O) groups excluding carboxylic acids is 2. The van der Waals surface area contributed by atoms with Crippen LogP contribution in [0.1, 0.15) is 5.56 Å². The molecule has 7 heteroatoms. The minimum absolute atomic E-state index is 0.158. The SMILES string of the molecule is C=CCN(CC(=O)Nc1nc(-c2ccccc2)cn1-c1ccc(F)cc1)C(=O)Cc1ccccc1. The van der Waals surface area contributed by atoms with Crippen molar-refractivity contribution < 1.29 is 14.0 Å². The number of nitrogens with one attached hydrogen (secondary N) is 1. The van der Waals surface area contributed by atoms with Crippen LogP contribution in [0, 0.1) is 5.82 Å². The van der Waals surface area contributed by atoms with Crippen molar-refractivity contribution in [3.8, 4) is 16.9 Å². The fraction of sp³-hybridized carbons (Fsp3) is 0.107. The molecule has 6 nitrogen and oxygen atoms in total. The van der Waals surface area contributed by atoms with Crippen LogP contribution in [0.2, 0.25) is 0 Å². The fourth-order valence-electron chi connectivity index (χ4n) is 3.65. The topological polar surface area (TPSA) is 67.2 Å². The van der Waals surface area contributed by atoms with E-state index < -0.39 is 5.91 Å². The molecule has 4 aromatic rings. The van der Waals surface area contributed by atoms with Crippen molar-refractivity contribution in [3.63, 3.8) is 0 Å². The monoisotopic (exact) mass is 468 g/mol. The molecule has 0 bridgehead atoms. The summed E-state index contributed by atoms with van der Waals surface area (Å²) in [4.78, 5) is 31.9. The van der Waals surface area contributed by atoms with Crippen LogP contribution in [0.5, 0.6) is 0 Å². The summed E-state index contributed by atoms with van der Waals surface area (Å²) in [5.41, 5.74) is 3.02. The average Bonchev–Trinajstić information content (AvgIpc) is 3.29. The zero-order chi connectivity index (χ0) is 24.6. The molecule has 1 N–H and O–H groups in total. The second-order valence-electron chi connectivity index (χ2n) is 7.94. The molecule has 0 unspecified atom stereocenters. The van der Waals surface area contributed by atoms with E-state index in [1.54, 1.807) is 29.0 Å². The maximum absolute atomic E-state index is 13.5. The van der Waals surface area contributed by atoms with Crippen molar-refractivity contribution >= 4 is 17.8 Å². The molecule has 0 spiro atoms. The van der Waals surface area contributed by atoms with Gasteiger partial charge in [0.15, 0.2) is 0 Å². The summed E-state index contributed by atoms with van der Waals surface area (Å²) < 4.78 is 15.2. The molecular weight excluding hydrogens is 443 g/mol. The highest BCUT2D eigenvalue weighted by Crippen LogP contribution is 2.24. The number of amides is 2. The number of benzene rings is 3. The third-order valence-corrected chi connectivity index (χ3v) is 5.37. The zero-order valence-corrected chi connectivity index (χ0v) is 19.1. The minimum atomic E-state index is -0.401. The summed E-state index contributed by atoms with van der Waals surface area (Å²) in [6, 6.07) is 24.8. The summed E-state index contributed by atoms with van der Waals surface area (Å²) in [6.45, 7) is 3.79. The standard InChI is InChI=1S/C28H25FN4O2/c1-2-17-32(27(35)18-21-9-5-3-6-10-21)20-26(34)31-28-30-25(22-11-7-4-8-12-22)19-33(28)24-15-13-23(29)14-16-24/h2-16,19H,1,17-18,20H2,(H,30,31,34). The van der Waals surface area contributed by atoms with Crippen molar-refractivity contribution in [2.24, 2.45) is 0 Å². The van der Waals surface area contributed by atoms with Gasteiger partial charge < -0.3 is 4.90 Å². The first-order valence-electron chi connectivity index (χ1n) is 11.2. The summed E-state index contributed by atoms with van der Waals surface area (Å²) in [7, 11) is 0. The van der Waals surface area contributed by atoms with Crippen molar-refractivity contribution in [1.82, 2.24) is 14.5 Å². The van der Waals surface area contributed by atoms with E-state index >= 15 is 0 Å². The predicted octanol–water partition coefficient (Wildman–Crippen LogP) is 4.87. The molecular formula is C28H25FN4O2. The third kappa shape index (κ3) is 6.09. The number of halogens is 1. The van der Waals surface area contributed by atoms with Crippen molar-refractivity contribution in [1.29, 1.82) is 0 Å². The number of hydrogen-bond acceptors (Lipinski definition) is 3. The van der Waals surface area contributed by atoms with E-state index in [0.717, 1.165) is 11.1 Å². The number of rotatable bonds is 9. The number of imidazole rings is 1. The van der Waals surface area contributed by atoms with Gasteiger partial charge in [0.05, 0.1) is 12.1 Å². The smallest absolute Gasteiger partial charge is 0.246 e. The van der Waals surface area contributed by atoms with E-state index in [1.807, 2.05) is 60.7 Å². The quantitative estimate of drug-likeness (QED) is 0.356. The second kappa shape index (κ2) is 11.1. The van der Waals surface area contributed by atoms with Gasteiger partial charge in [0, 0.05) is 24.0 Å². The number of aromatic nitrogens is 2. The summed E-state index contributed by atoms with van der Waals surface area (Å²) in [6.07, 6.45) is 3.55. The Hall–Kier alpha value is -4.52. The molecule has 0 aliphatic rings. The van der Waals surface area contributed by atoms with Crippen LogP contribution >= 0.6 is 0 Å². The van der Waals surface area contributed by atoms with Gasteiger partial charge in [0.2, 0.25) is 17.8 Å². The lowest BCUT2D eigenvalue weighted by atomic mass is 10.1. The Morgan fingerprint density at radius 3 is 2.29 bits per heavy atom. The lowest BCUT2D eigenvalue weighted by molar-refractivity contribution is -0.133. The highest BCUT2D eigenvalue weighted by Gasteiger charge is 2.19. The van der Waals surface area contributed by atoms with E-state index in [2.05, 4.69) is 16.9 Å². The lowest BCUT2D eigenvalue weighted by Crippen LogP contribution is -2.39. The largest absolute Gasteiger partial charge is 0.329 e. The minimum Gasteiger partial charge on any atom is -0.329 e. The first kappa shape index (κ1) is 23.6. The van der Waals surface area contributed by atoms with Gasteiger partial charge in [-0.25, -0.2) is 9.37 Å². The first-order chi connectivity index (χ1) is 17.0. The normalized spacial score (nSPS) is 10.5. The maximum Gasteiger partial charge on any atom is 0.246 e. The molecule has 176 valence electrons. The molecule has 2 amide bonds. The van der Waals surface area contributed by atoms with Gasteiger partial charge in [0.1, 0.15) is 12.4 Å². The summed E-state index contributed by atoms with van der Waals surface area (Å²) in [5.74, 6) is -0.672. The van der Waals surface area contributed by atoms with Gasteiger partial charge in [-0.1, -0.05) is 66.7 Å². The molecule has 0 aliphatic heterocycles. The van der Waals surface area contributed by atoms with Crippen LogP contribution in [0.15, 0.2) is 104 Å². The number of anilines is 1. The number of hydrogen-bond donors (Lipinski definition) is 1. The molecule has 3 aromatic carbocycles. The molecule has 0 saturated heterocycles. The molecule has 0 aliphatic carbocycles. The van der Waals surface area contributed by atoms with Crippen LogP contribution in [0.25, 0.3) is 16.9 Å². The molecule has 0 atom stereocenters. The van der Waals surface area contributed by atoms with Crippen LogP contribution in [0.4, 0.5) is 10.3 Å². The zero-order valence-electron chi connectivity index (χ0n) is 19.1. The first-order valence-corrected chi connectivity index (χ1v) is 11.2. The van der Waals surface area contributed by atoms with Crippen molar-refractivity contribution in [2.75, 3.05) is 18.4 Å². The number of carbonyl (C=O) groups is 2. The Kier molecular flexibility index (Phi) is 7.47. The van der Waals surface area contributed by atoms with Gasteiger partial charge in [0.25, 0.3) is 0 Å². The van der Waals surface area contributed by atoms with Gasteiger partial charge >= 0.3 is 0 Å². The number of nitrogens with zero attached hydrogens (tertiary/aromatic N) is 3. The Labute approximate surface area is 203 Å². The average molecular weight is 469 g/mol. The highest BCUT2D eigenvalue weighted by molar-refractivity contribution is 5.94. The van der Waals surface area contributed by atoms with E-state index in [4.69, 9.17) is 0 Å². The molecule has 35 heavy (non-hydrogen) atoms. The van der Waals surface area contributed by atoms with Gasteiger partial charge in [-0.15, -0.1) is 6.58 Å². The van der Waals surface area contributed by atoms with Crippen LogP contribution < -0.4 is 5.32 Å². The lowest BCUT2D eigenvalue weighted by Gasteiger charge is -2.21. The van der Waals surface area contributed by atoms with Gasteiger partial charge in [-0.05, 0) is 29.8 Å². The van der Waals surface area contributed by atoms with E-state index in [0.29, 0.717) is 11.4 Å². The Morgan fingerprint density at radius 2 is 1.63 bits per heavy atom. The fourth-order valence-corrected chi connectivity index (χ4v) is 3.65. The van der Waals surface area contributed by atoms with Crippen molar-refractivity contribution in [2.45, 2.75) is 6.42 Å². The van der Waals surface area contributed by atoms with E-state index in [9.17, 15) is 14.0 Å². The van der Waals surface area contributed by atoms with Crippen LogP contribution in [-0.2, 0) is 16.0 Å². The molecule has 1 aromatic heterocycles. The summed E-state index contributed by atoms with van der Waals surface area (Å²) >= 11 is 0. The maximum atomic E-state index is 13.5. The van der Waals surface area contributed by atoms with Crippen molar-refractivity contribution in [3.05, 3.63) is 115 Å². The molecule has 0 fully saturated rings. The van der Waals surface area contributed by atoms with E-state index in [-0.39, 0.29) is 37.2 Å². The molecule has 0 radical (unpaired) electrons. The predicted molar refractivity (Wildman–Crippen MR) is 135 cm³/mol. The summed E-state index contributed by atoms with van der Waals surface area (Å²) in [5, 5.41) is 2.81. The Bertz CT molecular complexity index is 1300. The third-order valence-electron chi connectivity index (χ3n) is 5.37. The van der Waals surface area contributed by atoms with Crippen LogP contribution in [-0.4, -0.2) is 39.4 Å². The van der Waals surface area contributed by atoms with Gasteiger partial charge in [-0.2, -0.15) is 0 Å². The van der Waals surface area contributed by atoms with Crippen LogP contribution in [0.3, 0.4) is 0 Å². The highest BCUT2D eigenvalue weighted by atomic mass is 19.1. The Balaban J connectivity index is 1.56. The van der Waals surface area contributed by atoms with E-state index in [1.165, 1.54) is 17.0 Å². The second-order valence-corrected chi connectivity index (χ2v) is 7.94. The molecule has 4 rings (SSSR count). The Morgan fingerprint density at radius 1 is 0.971 bits per heavy atom. The molecule has 1 heterocycles. The molecule has 0 saturated carbocycles. The van der Waals surface area contributed by atoms with Gasteiger partial charge in [-0.3, -0.25) is 19.5 Å².